The van der Waals surface area contributed by atoms with E-state index in [1.807, 2.05) is 22.7 Å². The number of nitrogens with one attached hydrogen (secondary N) is 2. The summed E-state index contributed by atoms with van der Waals surface area (Å²) in [7, 11) is 0. The second kappa shape index (κ2) is 9.93. The fraction of sp³-hybridized carbons (Fsp3) is 0.182. The van der Waals surface area contributed by atoms with Crippen molar-refractivity contribution in [1.82, 2.24) is 19.4 Å². The summed E-state index contributed by atoms with van der Waals surface area (Å²) in [5.41, 5.74) is 8.29. The number of carbonyl (C=O) groups excluding carboxylic acids is 1. The molecular weight excluding hydrogens is 465 g/mol. The van der Waals surface area contributed by atoms with Gasteiger partial charge >= 0.3 is 5.97 Å². The smallest absolute Gasteiger partial charge is 0.341 e. The summed E-state index contributed by atoms with van der Waals surface area (Å²) in [5.74, 6) is 0.773. The highest BCUT2D eigenvalue weighted by molar-refractivity contribution is 6.36. The van der Waals surface area contributed by atoms with E-state index >= 15 is 0 Å². The van der Waals surface area contributed by atoms with E-state index in [0.717, 1.165) is 11.2 Å². The number of imidazole rings is 1. The number of ether oxygens (including phenoxy) is 1. The molecule has 170 valence electrons. The van der Waals surface area contributed by atoms with Gasteiger partial charge in [-0.05, 0) is 37.3 Å². The summed E-state index contributed by atoms with van der Waals surface area (Å²) < 4.78 is 6.81. The van der Waals surface area contributed by atoms with Gasteiger partial charge in [0, 0.05) is 42.1 Å². The molecule has 0 radical (unpaired) electrons. The number of pyridine rings is 1. The molecule has 0 saturated heterocycles. The molecule has 0 saturated carbocycles. The third-order valence-corrected chi connectivity index (χ3v) is 5.28. The molecule has 33 heavy (non-hydrogen) atoms. The SMILES string of the molecule is CCOC(=O)c1ccc(NCCNc2nc(-c3ccc(Cl)cc3Cl)cc3nccn23)nc1N. The van der Waals surface area contributed by atoms with Crippen LogP contribution in [0.1, 0.15) is 17.3 Å². The first kappa shape index (κ1) is 22.6. The minimum atomic E-state index is -0.494. The lowest BCUT2D eigenvalue weighted by atomic mass is 10.1. The molecule has 0 atom stereocenters. The average Bonchev–Trinajstić information content (AvgIpc) is 3.25. The van der Waals surface area contributed by atoms with Gasteiger partial charge in [-0.1, -0.05) is 23.2 Å². The van der Waals surface area contributed by atoms with Crippen molar-refractivity contribution in [3.05, 3.63) is 64.4 Å². The van der Waals surface area contributed by atoms with Gasteiger partial charge in [0.1, 0.15) is 22.8 Å². The monoisotopic (exact) mass is 485 g/mol. The molecule has 0 aliphatic carbocycles. The van der Waals surface area contributed by atoms with Crippen molar-refractivity contribution in [3.63, 3.8) is 0 Å². The molecule has 0 unspecified atom stereocenters. The molecule has 3 heterocycles. The average molecular weight is 486 g/mol. The Morgan fingerprint density at radius 1 is 1.12 bits per heavy atom. The van der Waals surface area contributed by atoms with Crippen LogP contribution in [0.2, 0.25) is 10.0 Å². The molecule has 0 aliphatic rings. The second-order valence-corrected chi connectivity index (χ2v) is 7.79. The number of carbonyl (C=O) groups is 1. The lowest BCUT2D eigenvalue weighted by Gasteiger charge is -2.12. The summed E-state index contributed by atoms with van der Waals surface area (Å²) in [6.45, 7) is 3.05. The number of benzene rings is 1. The fourth-order valence-corrected chi connectivity index (χ4v) is 3.71. The zero-order valence-corrected chi connectivity index (χ0v) is 19.2. The molecule has 4 aromatic rings. The molecule has 4 N–H and O–H groups in total. The topological polar surface area (TPSA) is 119 Å². The van der Waals surface area contributed by atoms with Crippen LogP contribution in [-0.4, -0.2) is 45.0 Å². The first-order valence-electron chi connectivity index (χ1n) is 10.2. The van der Waals surface area contributed by atoms with Crippen molar-refractivity contribution in [2.24, 2.45) is 0 Å². The highest BCUT2D eigenvalue weighted by Crippen LogP contribution is 2.30. The summed E-state index contributed by atoms with van der Waals surface area (Å²) >= 11 is 12.4. The number of hydrogen-bond donors (Lipinski definition) is 3. The van der Waals surface area contributed by atoms with E-state index in [-0.39, 0.29) is 18.0 Å². The summed E-state index contributed by atoms with van der Waals surface area (Å²) in [6, 6.07) is 10.4. The van der Waals surface area contributed by atoms with Crippen molar-refractivity contribution in [2.75, 3.05) is 36.1 Å². The van der Waals surface area contributed by atoms with Crippen LogP contribution >= 0.6 is 23.2 Å². The minimum Gasteiger partial charge on any atom is -0.462 e. The van der Waals surface area contributed by atoms with E-state index in [1.165, 1.54) is 0 Å². The number of hydrogen-bond acceptors (Lipinski definition) is 8. The molecule has 4 rings (SSSR count). The number of nitrogens with two attached hydrogens (primary N) is 1. The van der Waals surface area contributed by atoms with Crippen LogP contribution in [0.5, 0.6) is 0 Å². The van der Waals surface area contributed by atoms with Gasteiger partial charge in [0.15, 0.2) is 0 Å². The molecule has 0 fully saturated rings. The maximum absolute atomic E-state index is 11.8. The minimum absolute atomic E-state index is 0.112. The normalized spacial score (nSPS) is 10.9. The van der Waals surface area contributed by atoms with Crippen LogP contribution in [-0.2, 0) is 4.74 Å². The van der Waals surface area contributed by atoms with Crippen LogP contribution in [0.4, 0.5) is 17.6 Å². The van der Waals surface area contributed by atoms with Gasteiger partial charge in [-0.3, -0.25) is 4.40 Å². The maximum Gasteiger partial charge on any atom is 0.341 e. The van der Waals surface area contributed by atoms with Crippen LogP contribution in [0, 0.1) is 0 Å². The number of anilines is 3. The van der Waals surface area contributed by atoms with Crippen LogP contribution in [0.3, 0.4) is 0 Å². The Kier molecular flexibility index (Phi) is 6.81. The third kappa shape index (κ3) is 5.10. The molecule has 1 aromatic carbocycles. The zero-order valence-electron chi connectivity index (χ0n) is 17.7. The van der Waals surface area contributed by atoms with Crippen molar-refractivity contribution in [2.45, 2.75) is 6.92 Å². The number of halogens is 2. The Labute approximate surface area is 199 Å². The van der Waals surface area contributed by atoms with Crippen LogP contribution in [0.25, 0.3) is 16.9 Å². The Morgan fingerprint density at radius 2 is 1.94 bits per heavy atom. The van der Waals surface area contributed by atoms with Crippen LogP contribution < -0.4 is 16.4 Å². The van der Waals surface area contributed by atoms with Gasteiger partial charge in [-0.15, -0.1) is 0 Å². The van der Waals surface area contributed by atoms with Gasteiger partial charge < -0.3 is 21.1 Å². The fourth-order valence-electron chi connectivity index (χ4n) is 3.20. The number of nitrogen functional groups attached to an aromatic ring is 1. The second-order valence-electron chi connectivity index (χ2n) is 6.95. The van der Waals surface area contributed by atoms with E-state index < -0.39 is 5.97 Å². The Morgan fingerprint density at radius 3 is 2.70 bits per heavy atom. The van der Waals surface area contributed by atoms with Crippen molar-refractivity contribution in [1.29, 1.82) is 0 Å². The Balaban J connectivity index is 1.45. The number of fused-ring (bicyclic) bond motifs is 1. The lowest BCUT2D eigenvalue weighted by Crippen LogP contribution is -2.17. The summed E-state index contributed by atoms with van der Waals surface area (Å²) in [4.78, 5) is 25.1. The number of aromatic nitrogens is 4. The van der Waals surface area contributed by atoms with Gasteiger partial charge in [0.05, 0.1) is 17.3 Å². The zero-order chi connectivity index (χ0) is 23.4. The van der Waals surface area contributed by atoms with Gasteiger partial charge in [0.2, 0.25) is 5.95 Å². The molecule has 0 bridgehead atoms. The van der Waals surface area contributed by atoms with Crippen LogP contribution in [0.15, 0.2) is 48.8 Å². The van der Waals surface area contributed by atoms with Crippen molar-refractivity contribution in [3.8, 4) is 11.3 Å². The molecule has 11 heteroatoms. The van der Waals surface area contributed by atoms with E-state index in [0.29, 0.717) is 40.6 Å². The first-order valence-corrected chi connectivity index (χ1v) is 10.9. The highest BCUT2D eigenvalue weighted by Gasteiger charge is 2.13. The number of esters is 1. The van der Waals surface area contributed by atoms with E-state index in [4.69, 9.17) is 38.7 Å². The van der Waals surface area contributed by atoms with Gasteiger partial charge in [-0.2, -0.15) is 0 Å². The molecule has 0 spiro atoms. The third-order valence-electron chi connectivity index (χ3n) is 4.73. The number of rotatable bonds is 8. The lowest BCUT2D eigenvalue weighted by molar-refractivity contribution is 0.0527. The molecular formula is C22H21Cl2N7O2. The van der Waals surface area contributed by atoms with Crippen molar-refractivity contribution >= 4 is 52.4 Å². The molecule has 0 amide bonds. The Bertz CT molecular complexity index is 1310. The first-order chi connectivity index (χ1) is 16.0. The summed E-state index contributed by atoms with van der Waals surface area (Å²) in [6.07, 6.45) is 3.52. The molecule has 9 nitrogen and oxygen atoms in total. The van der Waals surface area contributed by atoms with E-state index in [2.05, 4.69) is 20.6 Å². The van der Waals surface area contributed by atoms with Crippen molar-refractivity contribution < 1.29 is 9.53 Å². The van der Waals surface area contributed by atoms with E-state index in [9.17, 15) is 4.79 Å². The quantitative estimate of drug-likeness (QED) is 0.248. The molecule has 3 aromatic heterocycles. The standard InChI is InChI=1S/C22H21Cl2N7O2/c1-2-33-21(32)15-5-6-18(30-20(15)25)26-7-8-28-22-29-17(12-19-27-9-10-31(19)22)14-4-3-13(23)11-16(14)24/h3-6,9-12H,2,7-8H2,1H3,(H,28,29)(H3,25,26,30). The predicted octanol–water partition coefficient (Wildman–Crippen LogP) is 4.38. The predicted molar refractivity (Wildman–Crippen MR) is 130 cm³/mol. The molecule has 0 aliphatic heterocycles. The van der Waals surface area contributed by atoms with Gasteiger partial charge in [-0.25, -0.2) is 19.7 Å². The van der Waals surface area contributed by atoms with Gasteiger partial charge in [0.25, 0.3) is 0 Å². The van der Waals surface area contributed by atoms with E-state index in [1.54, 1.807) is 37.4 Å². The Hall–Kier alpha value is -3.56. The largest absolute Gasteiger partial charge is 0.462 e. The summed E-state index contributed by atoms with van der Waals surface area (Å²) in [5, 5.41) is 7.52. The number of nitrogens with zero attached hydrogens (tertiary/aromatic N) is 4. The maximum atomic E-state index is 11.8. The highest BCUT2D eigenvalue weighted by atomic mass is 35.5.